The van der Waals surface area contributed by atoms with E-state index in [4.69, 9.17) is 9.47 Å². The number of carbonyl (C=O) groups excluding carboxylic acids is 3. The molecule has 1 aromatic carbocycles. The fourth-order valence-corrected chi connectivity index (χ4v) is 2.91. The summed E-state index contributed by atoms with van der Waals surface area (Å²) >= 11 is 0. The molecule has 1 unspecified atom stereocenters. The number of amides is 2. The van der Waals surface area contributed by atoms with Crippen molar-refractivity contribution in [1.29, 1.82) is 0 Å². The van der Waals surface area contributed by atoms with Crippen molar-refractivity contribution in [3.8, 4) is 11.5 Å². The van der Waals surface area contributed by atoms with Gasteiger partial charge in [0.25, 0.3) is 11.8 Å². The van der Waals surface area contributed by atoms with Crippen molar-refractivity contribution in [2.24, 2.45) is 0 Å². The Hall–Kier alpha value is -3.24. The second-order valence-corrected chi connectivity index (χ2v) is 5.95. The maximum absolute atomic E-state index is 14.1. The molecule has 0 spiro atoms. The minimum absolute atomic E-state index is 0.0921. The highest BCUT2D eigenvalue weighted by Gasteiger charge is 2.69. The summed E-state index contributed by atoms with van der Waals surface area (Å²) in [7, 11) is 2.63. The zero-order valence-corrected chi connectivity index (χ0v) is 16.0. The lowest BCUT2D eigenvalue weighted by molar-refractivity contribution is -0.189. The van der Waals surface area contributed by atoms with E-state index in [0.717, 1.165) is 13.0 Å². The molecule has 0 saturated heterocycles. The fourth-order valence-electron chi connectivity index (χ4n) is 2.91. The van der Waals surface area contributed by atoms with E-state index in [2.05, 4.69) is 4.74 Å². The van der Waals surface area contributed by atoms with Crippen molar-refractivity contribution < 1.29 is 41.8 Å². The Bertz CT molecular complexity index is 881. The maximum atomic E-state index is 14.1. The number of alkyl halides is 3. The highest BCUT2D eigenvalue weighted by Crippen LogP contribution is 2.42. The van der Waals surface area contributed by atoms with Crippen LogP contribution in [0.3, 0.4) is 0 Å². The van der Waals surface area contributed by atoms with Gasteiger partial charge in [-0.25, -0.2) is 4.79 Å². The lowest BCUT2D eigenvalue weighted by atomic mass is 9.88. The van der Waals surface area contributed by atoms with Crippen LogP contribution in [0.15, 0.2) is 29.5 Å². The Kier molecular flexibility index (Phi) is 6.10. The summed E-state index contributed by atoms with van der Waals surface area (Å²) in [5.41, 5.74) is -5.23. The van der Waals surface area contributed by atoms with Crippen LogP contribution in [0.25, 0.3) is 0 Å². The monoisotopic (exact) mass is 416 g/mol. The smallest absolute Gasteiger partial charge is 0.425 e. The van der Waals surface area contributed by atoms with E-state index < -0.39 is 35.1 Å². The van der Waals surface area contributed by atoms with Crippen LogP contribution in [0.5, 0.6) is 11.5 Å². The number of esters is 1. The van der Waals surface area contributed by atoms with E-state index >= 15 is 0 Å². The second kappa shape index (κ2) is 8.02. The summed E-state index contributed by atoms with van der Waals surface area (Å²) in [4.78, 5) is 37.2. The summed E-state index contributed by atoms with van der Waals surface area (Å²) in [5.74, 6) is -3.90. The normalized spacial score (nSPS) is 18.9. The summed E-state index contributed by atoms with van der Waals surface area (Å²) < 4.78 is 56.9. The van der Waals surface area contributed by atoms with Crippen LogP contribution in [0.4, 0.5) is 13.2 Å². The molecule has 0 bridgehead atoms. The highest BCUT2D eigenvalue weighted by atomic mass is 19.4. The van der Waals surface area contributed by atoms with E-state index in [1.54, 1.807) is 5.32 Å². The van der Waals surface area contributed by atoms with Gasteiger partial charge in [-0.3, -0.25) is 9.59 Å². The van der Waals surface area contributed by atoms with Gasteiger partial charge in [-0.2, -0.15) is 13.2 Å². The SMILES string of the molecule is CCOC(=O)C1=C(C)NC(=O)C1(NC(=O)c1ccc(OC)c(OC)c1)C(F)(F)F. The molecular weight excluding hydrogens is 397 g/mol. The molecule has 2 N–H and O–H groups in total. The number of halogens is 3. The first kappa shape index (κ1) is 22.1. The molecule has 1 atom stereocenters. The van der Waals surface area contributed by atoms with Crippen molar-refractivity contribution in [3.63, 3.8) is 0 Å². The number of hydrogen-bond donors (Lipinski definition) is 2. The third-order valence-corrected chi connectivity index (χ3v) is 4.24. The maximum Gasteiger partial charge on any atom is 0.425 e. The van der Waals surface area contributed by atoms with Gasteiger partial charge in [0.2, 0.25) is 5.54 Å². The van der Waals surface area contributed by atoms with Crippen LogP contribution in [-0.2, 0) is 14.3 Å². The van der Waals surface area contributed by atoms with Crippen LogP contribution in [-0.4, -0.2) is 50.3 Å². The number of rotatable bonds is 6. The Balaban J connectivity index is 2.55. The van der Waals surface area contributed by atoms with Gasteiger partial charge in [-0.1, -0.05) is 0 Å². The molecule has 0 fully saturated rings. The quantitative estimate of drug-likeness (QED) is 0.685. The molecule has 0 aliphatic carbocycles. The van der Waals surface area contributed by atoms with Gasteiger partial charge in [-0.15, -0.1) is 0 Å². The van der Waals surface area contributed by atoms with Gasteiger partial charge in [0.15, 0.2) is 11.5 Å². The van der Waals surface area contributed by atoms with Crippen molar-refractivity contribution in [3.05, 3.63) is 35.0 Å². The summed E-state index contributed by atoms with van der Waals surface area (Å²) in [6.07, 6.45) is -5.33. The van der Waals surface area contributed by atoms with Crippen LogP contribution < -0.4 is 20.1 Å². The lowest BCUT2D eigenvalue weighted by Gasteiger charge is -2.31. The predicted octanol–water partition coefficient (Wildman–Crippen LogP) is 1.70. The second-order valence-electron chi connectivity index (χ2n) is 5.95. The number of nitrogens with one attached hydrogen (secondary N) is 2. The summed E-state index contributed by atoms with van der Waals surface area (Å²) in [5, 5.41) is 3.64. The zero-order chi connectivity index (χ0) is 22.0. The van der Waals surface area contributed by atoms with Gasteiger partial charge >= 0.3 is 12.1 Å². The minimum atomic E-state index is -5.33. The van der Waals surface area contributed by atoms with Gasteiger partial charge in [0.05, 0.1) is 20.8 Å². The van der Waals surface area contributed by atoms with Crippen molar-refractivity contribution in [2.45, 2.75) is 25.6 Å². The minimum Gasteiger partial charge on any atom is -0.493 e. The molecule has 1 heterocycles. The molecular formula is C18H19F3N2O6. The first-order chi connectivity index (χ1) is 13.5. The lowest BCUT2D eigenvalue weighted by Crippen LogP contribution is -2.66. The predicted molar refractivity (Wildman–Crippen MR) is 93.3 cm³/mol. The van der Waals surface area contributed by atoms with Crippen molar-refractivity contribution >= 4 is 17.8 Å². The fraction of sp³-hybridized carbons (Fsp3) is 0.389. The third-order valence-electron chi connectivity index (χ3n) is 4.24. The highest BCUT2D eigenvalue weighted by molar-refractivity contribution is 6.11. The third kappa shape index (κ3) is 3.71. The largest absolute Gasteiger partial charge is 0.493 e. The molecule has 2 amide bonds. The molecule has 11 heteroatoms. The topological polar surface area (TPSA) is 103 Å². The van der Waals surface area contributed by atoms with Crippen molar-refractivity contribution in [1.82, 2.24) is 10.6 Å². The van der Waals surface area contributed by atoms with E-state index in [9.17, 15) is 27.6 Å². The molecule has 29 heavy (non-hydrogen) atoms. The van der Waals surface area contributed by atoms with Crippen LogP contribution in [0.2, 0.25) is 0 Å². The van der Waals surface area contributed by atoms with Crippen molar-refractivity contribution in [2.75, 3.05) is 20.8 Å². The summed E-state index contributed by atoms with van der Waals surface area (Å²) in [6.45, 7) is 2.29. The number of ether oxygens (including phenoxy) is 3. The molecule has 0 saturated carbocycles. The standard InChI is InChI=1S/C18H19F3N2O6/c1-5-29-15(25)13-9(2)22-16(26)17(13,18(19,20)21)23-14(24)10-6-7-11(27-3)12(8-10)28-4/h6-8H,5H2,1-4H3,(H,22,26)(H,23,24). The summed E-state index contributed by atoms with van der Waals surface area (Å²) in [6, 6.07) is 3.65. The number of benzene rings is 1. The van der Waals surface area contributed by atoms with Gasteiger partial charge in [0.1, 0.15) is 5.57 Å². The Morgan fingerprint density at radius 1 is 1.17 bits per heavy atom. The molecule has 0 aromatic heterocycles. The molecule has 8 nitrogen and oxygen atoms in total. The van der Waals surface area contributed by atoms with E-state index in [1.807, 2.05) is 5.32 Å². The van der Waals surface area contributed by atoms with E-state index in [1.165, 1.54) is 33.3 Å². The Labute approximate surface area is 164 Å². The first-order valence-corrected chi connectivity index (χ1v) is 8.34. The number of methoxy groups -OCH3 is 2. The van der Waals surface area contributed by atoms with Crippen LogP contribution in [0.1, 0.15) is 24.2 Å². The molecule has 1 aromatic rings. The molecule has 1 aliphatic heterocycles. The number of hydrogen-bond acceptors (Lipinski definition) is 6. The molecule has 0 radical (unpaired) electrons. The zero-order valence-electron chi connectivity index (χ0n) is 16.0. The van der Waals surface area contributed by atoms with Gasteiger partial charge in [-0.05, 0) is 32.0 Å². The Morgan fingerprint density at radius 2 is 1.79 bits per heavy atom. The average molecular weight is 416 g/mol. The first-order valence-electron chi connectivity index (χ1n) is 8.34. The number of allylic oxidation sites excluding steroid dienone is 1. The number of carbonyl (C=O) groups is 3. The molecule has 158 valence electrons. The Morgan fingerprint density at radius 3 is 2.31 bits per heavy atom. The van der Waals surface area contributed by atoms with Gasteiger partial charge < -0.3 is 24.8 Å². The average Bonchev–Trinajstić information content (AvgIpc) is 2.91. The van der Waals surface area contributed by atoms with E-state index in [-0.39, 0.29) is 29.4 Å². The molecule has 2 rings (SSSR count). The van der Waals surface area contributed by atoms with E-state index in [0.29, 0.717) is 0 Å². The van der Waals surface area contributed by atoms with Crippen LogP contribution in [0, 0.1) is 0 Å². The van der Waals surface area contributed by atoms with Crippen LogP contribution >= 0.6 is 0 Å². The molecule has 1 aliphatic rings. The van der Waals surface area contributed by atoms with Gasteiger partial charge in [0, 0.05) is 11.3 Å².